The van der Waals surface area contributed by atoms with E-state index in [0.717, 1.165) is 11.3 Å². The van der Waals surface area contributed by atoms with E-state index in [2.05, 4.69) is 9.88 Å². The van der Waals surface area contributed by atoms with Crippen LogP contribution in [0.25, 0.3) is 0 Å². The highest BCUT2D eigenvalue weighted by molar-refractivity contribution is 5.65. The smallest absolute Gasteiger partial charge is 0.407 e. The van der Waals surface area contributed by atoms with Crippen molar-refractivity contribution in [1.82, 2.24) is 9.88 Å². The van der Waals surface area contributed by atoms with Crippen molar-refractivity contribution in [2.45, 2.75) is 6.61 Å². The third kappa shape index (κ3) is 3.91. The second kappa shape index (κ2) is 7.00. The number of aromatic nitrogens is 1. The van der Waals surface area contributed by atoms with Crippen molar-refractivity contribution >= 4 is 11.8 Å². The van der Waals surface area contributed by atoms with Crippen molar-refractivity contribution in [1.29, 1.82) is 0 Å². The Morgan fingerprint density at radius 3 is 2.43 bits per heavy atom. The number of anilines is 1. The second-order valence-electron chi connectivity index (χ2n) is 5.39. The summed E-state index contributed by atoms with van der Waals surface area (Å²) in [6, 6.07) is 13.8. The van der Waals surface area contributed by atoms with Crippen LogP contribution < -0.4 is 9.64 Å². The molecule has 23 heavy (non-hydrogen) atoms. The molecule has 1 saturated heterocycles. The summed E-state index contributed by atoms with van der Waals surface area (Å²) in [6.07, 6.45) is 0.920. The molecule has 1 N–H and O–H groups in total. The van der Waals surface area contributed by atoms with Gasteiger partial charge in [-0.15, -0.1) is 0 Å². The standard InChI is InChI=1S/C17H19N3O3/c21-17(22)20-10-8-19(9-11-20)15-6-7-16(18-12-15)23-13-14-4-2-1-3-5-14/h1-7,12H,8-11,13H2,(H,21,22). The zero-order valence-corrected chi connectivity index (χ0v) is 12.8. The van der Waals surface area contributed by atoms with E-state index in [4.69, 9.17) is 9.84 Å². The van der Waals surface area contributed by atoms with E-state index >= 15 is 0 Å². The summed E-state index contributed by atoms with van der Waals surface area (Å²) in [6.45, 7) is 2.88. The van der Waals surface area contributed by atoms with Crippen LogP contribution >= 0.6 is 0 Å². The normalized spacial score (nSPS) is 14.6. The molecule has 1 aliphatic heterocycles. The Kier molecular flexibility index (Phi) is 4.61. The fraction of sp³-hybridized carbons (Fsp3) is 0.294. The van der Waals surface area contributed by atoms with Gasteiger partial charge in [0.1, 0.15) is 6.61 Å². The number of carboxylic acid groups (broad SMARTS) is 1. The molecular formula is C17H19N3O3. The van der Waals surface area contributed by atoms with E-state index in [1.54, 1.807) is 6.20 Å². The summed E-state index contributed by atoms with van der Waals surface area (Å²) < 4.78 is 5.67. The lowest BCUT2D eigenvalue weighted by atomic mass is 10.2. The number of rotatable bonds is 4. The molecule has 1 amide bonds. The van der Waals surface area contributed by atoms with Gasteiger partial charge in [-0.1, -0.05) is 30.3 Å². The number of ether oxygens (including phenoxy) is 1. The van der Waals surface area contributed by atoms with Crippen LogP contribution in [0.3, 0.4) is 0 Å². The van der Waals surface area contributed by atoms with Gasteiger partial charge in [0.25, 0.3) is 0 Å². The van der Waals surface area contributed by atoms with Gasteiger partial charge in [0.2, 0.25) is 5.88 Å². The minimum absolute atomic E-state index is 0.491. The number of hydrogen-bond acceptors (Lipinski definition) is 4. The number of piperazine rings is 1. The van der Waals surface area contributed by atoms with Crippen LogP contribution in [0.1, 0.15) is 5.56 Å². The maximum Gasteiger partial charge on any atom is 0.407 e. The van der Waals surface area contributed by atoms with Crippen molar-refractivity contribution < 1.29 is 14.6 Å². The molecule has 1 aromatic carbocycles. The first kappa shape index (κ1) is 15.1. The lowest BCUT2D eigenvalue weighted by Crippen LogP contribution is -2.48. The molecule has 2 heterocycles. The molecule has 0 spiro atoms. The highest BCUT2D eigenvalue weighted by Gasteiger charge is 2.20. The molecule has 0 saturated carbocycles. The Morgan fingerprint density at radius 2 is 1.83 bits per heavy atom. The molecule has 0 radical (unpaired) electrons. The third-order valence-corrected chi connectivity index (χ3v) is 3.87. The Hall–Kier alpha value is -2.76. The fourth-order valence-corrected chi connectivity index (χ4v) is 2.53. The summed E-state index contributed by atoms with van der Waals surface area (Å²) >= 11 is 0. The molecule has 1 fully saturated rings. The van der Waals surface area contributed by atoms with E-state index in [1.807, 2.05) is 42.5 Å². The number of hydrogen-bond donors (Lipinski definition) is 1. The Morgan fingerprint density at radius 1 is 1.09 bits per heavy atom. The van der Waals surface area contributed by atoms with Gasteiger partial charge in [0, 0.05) is 32.2 Å². The third-order valence-electron chi connectivity index (χ3n) is 3.87. The van der Waals surface area contributed by atoms with E-state index in [-0.39, 0.29) is 0 Å². The maximum atomic E-state index is 10.9. The molecule has 6 nitrogen and oxygen atoms in total. The molecule has 0 unspecified atom stereocenters. The van der Waals surface area contributed by atoms with E-state index in [1.165, 1.54) is 4.90 Å². The zero-order valence-electron chi connectivity index (χ0n) is 12.8. The predicted molar refractivity (Wildman–Crippen MR) is 86.8 cm³/mol. The van der Waals surface area contributed by atoms with Gasteiger partial charge in [-0.25, -0.2) is 9.78 Å². The van der Waals surface area contributed by atoms with Crippen LogP contribution in [0, 0.1) is 0 Å². The van der Waals surface area contributed by atoms with Gasteiger partial charge in [0.15, 0.2) is 0 Å². The summed E-state index contributed by atoms with van der Waals surface area (Å²) in [5, 5.41) is 8.96. The Bertz CT molecular complexity index is 638. The second-order valence-corrected chi connectivity index (χ2v) is 5.39. The van der Waals surface area contributed by atoms with Crippen LogP contribution in [0.2, 0.25) is 0 Å². The lowest BCUT2D eigenvalue weighted by Gasteiger charge is -2.34. The highest BCUT2D eigenvalue weighted by atomic mass is 16.5. The highest BCUT2D eigenvalue weighted by Crippen LogP contribution is 2.18. The maximum absolute atomic E-state index is 10.9. The SMILES string of the molecule is O=C(O)N1CCN(c2ccc(OCc3ccccc3)nc2)CC1. The Balaban J connectivity index is 1.54. The first-order valence-electron chi connectivity index (χ1n) is 7.58. The van der Waals surface area contributed by atoms with Crippen molar-refractivity contribution in [3.63, 3.8) is 0 Å². The van der Waals surface area contributed by atoms with Crippen LogP contribution in [0.4, 0.5) is 10.5 Å². The average Bonchev–Trinajstić information content (AvgIpc) is 2.61. The zero-order chi connectivity index (χ0) is 16.1. The van der Waals surface area contributed by atoms with Crippen LogP contribution in [0.15, 0.2) is 48.7 Å². The Labute approximate surface area is 134 Å². The largest absolute Gasteiger partial charge is 0.473 e. The van der Waals surface area contributed by atoms with Crippen LogP contribution in [-0.2, 0) is 6.61 Å². The molecular weight excluding hydrogens is 294 g/mol. The first-order valence-corrected chi connectivity index (χ1v) is 7.58. The van der Waals surface area contributed by atoms with Crippen molar-refractivity contribution in [3.05, 3.63) is 54.2 Å². The molecule has 0 aliphatic carbocycles. The van der Waals surface area contributed by atoms with Gasteiger partial charge in [-0.2, -0.15) is 0 Å². The molecule has 120 valence electrons. The van der Waals surface area contributed by atoms with Crippen molar-refractivity contribution in [2.75, 3.05) is 31.1 Å². The van der Waals surface area contributed by atoms with E-state index < -0.39 is 6.09 Å². The van der Waals surface area contributed by atoms with Crippen LogP contribution in [0.5, 0.6) is 5.88 Å². The molecule has 6 heteroatoms. The summed E-state index contributed by atoms with van der Waals surface area (Å²) in [4.78, 5) is 18.8. The van der Waals surface area contributed by atoms with Gasteiger partial charge >= 0.3 is 6.09 Å². The van der Waals surface area contributed by atoms with Crippen molar-refractivity contribution in [3.8, 4) is 5.88 Å². The minimum atomic E-state index is -0.854. The first-order chi connectivity index (χ1) is 11.2. The minimum Gasteiger partial charge on any atom is -0.473 e. The number of amides is 1. The molecule has 1 aromatic heterocycles. The quantitative estimate of drug-likeness (QED) is 0.939. The molecule has 0 bridgehead atoms. The topological polar surface area (TPSA) is 65.9 Å². The summed E-state index contributed by atoms with van der Waals surface area (Å²) in [5.74, 6) is 0.585. The van der Waals surface area contributed by atoms with Crippen molar-refractivity contribution in [2.24, 2.45) is 0 Å². The number of carbonyl (C=O) groups is 1. The fourth-order valence-electron chi connectivity index (χ4n) is 2.53. The predicted octanol–water partition coefficient (Wildman–Crippen LogP) is 2.46. The van der Waals surface area contributed by atoms with Gasteiger partial charge < -0.3 is 19.6 Å². The summed E-state index contributed by atoms with van der Waals surface area (Å²) in [7, 11) is 0. The average molecular weight is 313 g/mol. The van der Waals surface area contributed by atoms with Crippen LogP contribution in [-0.4, -0.2) is 47.3 Å². The molecule has 3 rings (SSSR count). The molecule has 1 aliphatic rings. The van der Waals surface area contributed by atoms with E-state index in [9.17, 15) is 4.79 Å². The van der Waals surface area contributed by atoms with Gasteiger partial charge in [0.05, 0.1) is 11.9 Å². The number of benzene rings is 1. The monoisotopic (exact) mass is 313 g/mol. The number of nitrogens with zero attached hydrogens (tertiary/aromatic N) is 3. The molecule has 0 atom stereocenters. The number of pyridine rings is 1. The van der Waals surface area contributed by atoms with Gasteiger partial charge in [-0.05, 0) is 11.6 Å². The van der Waals surface area contributed by atoms with E-state index in [0.29, 0.717) is 38.7 Å². The lowest BCUT2D eigenvalue weighted by molar-refractivity contribution is 0.142. The molecule has 2 aromatic rings. The summed E-state index contributed by atoms with van der Waals surface area (Å²) in [5.41, 5.74) is 2.09. The van der Waals surface area contributed by atoms with Gasteiger partial charge in [-0.3, -0.25) is 0 Å².